The van der Waals surface area contributed by atoms with Crippen LogP contribution in [0.2, 0.25) is 0 Å². The van der Waals surface area contributed by atoms with Crippen molar-refractivity contribution in [2.45, 2.75) is 104 Å². The highest BCUT2D eigenvalue weighted by Gasteiger charge is 2.18. The van der Waals surface area contributed by atoms with Gasteiger partial charge in [-0.25, -0.2) is 0 Å². The van der Waals surface area contributed by atoms with E-state index in [0.29, 0.717) is 37.9 Å². The van der Waals surface area contributed by atoms with Crippen LogP contribution in [0.5, 0.6) is 0 Å². The third kappa shape index (κ3) is 11.1. The van der Waals surface area contributed by atoms with Crippen molar-refractivity contribution in [2.75, 3.05) is 13.2 Å². The maximum absolute atomic E-state index is 10.2. The summed E-state index contributed by atoms with van der Waals surface area (Å²) in [5, 5.41) is 20.5. The van der Waals surface area contributed by atoms with E-state index in [2.05, 4.69) is 27.7 Å². The molecule has 4 atom stereocenters. The number of aliphatic hydroxyl groups is 2. The highest BCUT2D eigenvalue weighted by atomic mass is 16.5. The van der Waals surface area contributed by atoms with Gasteiger partial charge in [-0.3, -0.25) is 0 Å². The molecule has 0 spiro atoms. The molecular weight excluding hydrogens is 288 g/mol. The standard InChI is InChI=1S/C20H42O3/c1-5-9-11-17(7-3)19(21)13-15-23-16-14-20(22)18(8-4)12-10-6-2/h17-22H,5-16H2,1-4H3. The SMILES string of the molecule is CCCCC(CC)C(O)CCOCCC(O)C(CC)CCCC. The molecule has 0 aromatic rings. The van der Waals surface area contributed by atoms with Gasteiger partial charge in [-0.2, -0.15) is 0 Å². The molecule has 140 valence electrons. The summed E-state index contributed by atoms with van der Waals surface area (Å²) in [7, 11) is 0. The Morgan fingerprint density at radius 1 is 0.652 bits per heavy atom. The first kappa shape index (κ1) is 22.9. The van der Waals surface area contributed by atoms with Gasteiger partial charge in [0.05, 0.1) is 12.2 Å². The van der Waals surface area contributed by atoms with Crippen molar-refractivity contribution in [3.05, 3.63) is 0 Å². The van der Waals surface area contributed by atoms with Gasteiger partial charge in [0.2, 0.25) is 0 Å². The molecule has 3 heteroatoms. The minimum absolute atomic E-state index is 0.246. The first-order valence-electron chi connectivity index (χ1n) is 10.0. The Morgan fingerprint density at radius 2 is 1.04 bits per heavy atom. The smallest absolute Gasteiger partial charge is 0.0590 e. The van der Waals surface area contributed by atoms with E-state index in [-0.39, 0.29) is 12.2 Å². The fourth-order valence-corrected chi connectivity index (χ4v) is 3.25. The Morgan fingerprint density at radius 3 is 1.35 bits per heavy atom. The molecule has 23 heavy (non-hydrogen) atoms. The van der Waals surface area contributed by atoms with Crippen molar-refractivity contribution in [3.63, 3.8) is 0 Å². The highest BCUT2D eigenvalue weighted by molar-refractivity contribution is 4.69. The zero-order chi connectivity index (χ0) is 17.5. The lowest BCUT2D eigenvalue weighted by atomic mass is 9.91. The molecule has 0 aliphatic carbocycles. The van der Waals surface area contributed by atoms with Crippen molar-refractivity contribution in [2.24, 2.45) is 11.8 Å². The molecule has 0 bridgehead atoms. The molecule has 0 radical (unpaired) electrons. The molecule has 0 aromatic heterocycles. The lowest BCUT2D eigenvalue weighted by Crippen LogP contribution is -2.24. The minimum Gasteiger partial charge on any atom is -0.393 e. The average molecular weight is 331 g/mol. The number of rotatable bonds is 16. The van der Waals surface area contributed by atoms with Gasteiger partial charge < -0.3 is 14.9 Å². The normalized spacial score (nSPS) is 17.0. The first-order chi connectivity index (χ1) is 11.1. The van der Waals surface area contributed by atoms with Gasteiger partial charge in [0.25, 0.3) is 0 Å². The largest absolute Gasteiger partial charge is 0.393 e. The van der Waals surface area contributed by atoms with Crippen LogP contribution in [0.3, 0.4) is 0 Å². The maximum atomic E-state index is 10.2. The fourth-order valence-electron chi connectivity index (χ4n) is 3.25. The molecular formula is C20H42O3. The van der Waals surface area contributed by atoms with E-state index in [4.69, 9.17) is 4.74 Å². The summed E-state index contributed by atoms with van der Waals surface area (Å²) in [5.74, 6) is 0.810. The van der Waals surface area contributed by atoms with E-state index in [1.165, 1.54) is 25.7 Å². The molecule has 0 aliphatic heterocycles. The molecule has 0 rings (SSSR count). The minimum atomic E-state index is -0.246. The molecule has 0 fully saturated rings. The van der Waals surface area contributed by atoms with Crippen LogP contribution in [0.15, 0.2) is 0 Å². The fraction of sp³-hybridized carbons (Fsp3) is 1.00. The van der Waals surface area contributed by atoms with Crippen LogP contribution in [0.25, 0.3) is 0 Å². The van der Waals surface area contributed by atoms with E-state index in [1.54, 1.807) is 0 Å². The quantitative estimate of drug-likeness (QED) is 0.394. The monoisotopic (exact) mass is 330 g/mol. The molecule has 2 N–H and O–H groups in total. The number of ether oxygens (including phenoxy) is 1. The van der Waals surface area contributed by atoms with Crippen LogP contribution in [0.1, 0.15) is 91.9 Å². The number of hydrogen-bond acceptors (Lipinski definition) is 3. The molecule has 4 unspecified atom stereocenters. The van der Waals surface area contributed by atoms with Gasteiger partial charge in [-0.15, -0.1) is 0 Å². The third-order valence-electron chi connectivity index (χ3n) is 5.11. The van der Waals surface area contributed by atoms with Gasteiger partial charge >= 0.3 is 0 Å². The van der Waals surface area contributed by atoms with Crippen molar-refractivity contribution < 1.29 is 14.9 Å². The summed E-state index contributed by atoms with van der Waals surface area (Å²) in [5.41, 5.74) is 0. The Balaban J connectivity index is 3.81. The van der Waals surface area contributed by atoms with Crippen molar-refractivity contribution in [3.8, 4) is 0 Å². The van der Waals surface area contributed by atoms with Crippen LogP contribution < -0.4 is 0 Å². The summed E-state index contributed by atoms with van der Waals surface area (Å²) >= 11 is 0. The van der Waals surface area contributed by atoms with Gasteiger partial charge in [0.1, 0.15) is 0 Å². The Bertz CT molecular complexity index is 221. The lowest BCUT2D eigenvalue weighted by molar-refractivity contribution is 0.0222. The van der Waals surface area contributed by atoms with Gasteiger partial charge in [-0.1, -0.05) is 66.2 Å². The zero-order valence-electron chi connectivity index (χ0n) is 16.1. The number of unbranched alkanes of at least 4 members (excludes halogenated alkanes) is 2. The number of hydrogen-bond donors (Lipinski definition) is 2. The third-order valence-corrected chi connectivity index (χ3v) is 5.11. The van der Waals surface area contributed by atoms with E-state index >= 15 is 0 Å². The van der Waals surface area contributed by atoms with E-state index in [1.807, 2.05) is 0 Å². The molecule has 0 heterocycles. The Kier molecular flexibility index (Phi) is 15.3. The van der Waals surface area contributed by atoms with Gasteiger partial charge in [0, 0.05) is 13.2 Å². The molecule has 0 aliphatic rings. The van der Waals surface area contributed by atoms with Crippen molar-refractivity contribution in [1.82, 2.24) is 0 Å². The lowest BCUT2D eigenvalue weighted by Gasteiger charge is -2.23. The van der Waals surface area contributed by atoms with Gasteiger partial charge in [0.15, 0.2) is 0 Å². The predicted molar refractivity (Wildman–Crippen MR) is 98.7 cm³/mol. The second-order valence-electron chi connectivity index (χ2n) is 6.95. The average Bonchev–Trinajstić information content (AvgIpc) is 2.55. The molecule has 0 saturated carbocycles. The van der Waals surface area contributed by atoms with Gasteiger partial charge in [-0.05, 0) is 37.5 Å². The van der Waals surface area contributed by atoms with Crippen LogP contribution in [-0.2, 0) is 4.74 Å². The molecule has 3 nitrogen and oxygen atoms in total. The van der Waals surface area contributed by atoms with E-state index < -0.39 is 0 Å². The summed E-state index contributed by atoms with van der Waals surface area (Å²) in [6, 6.07) is 0. The van der Waals surface area contributed by atoms with Crippen LogP contribution in [0, 0.1) is 11.8 Å². The van der Waals surface area contributed by atoms with E-state index in [0.717, 1.165) is 25.7 Å². The summed E-state index contributed by atoms with van der Waals surface area (Å²) in [6.07, 6.45) is 10.0. The van der Waals surface area contributed by atoms with Crippen molar-refractivity contribution >= 4 is 0 Å². The second-order valence-corrected chi connectivity index (χ2v) is 6.95. The number of aliphatic hydroxyl groups excluding tert-OH is 2. The van der Waals surface area contributed by atoms with E-state index in [9.17, 15) is 10.2 Å². The maximum Gasteiger partial charge on any atom is 0.0590 e. The van der Waals surface area contributed by atoms with Crippen LogP contribution in [-0.4, -0.2) is 35.6 Å². The Hall–Kier alpha value is -0.120. The predicted octanol–water partition coefficient (Wildman–Crippen LogP) is 4.94. The van der Waals surface area contributed by atoms with Crippen LogP contribution >= 0.6 is 0 Å². The highest BCUT2D eigenvalue weighted by Crippen LogP contribution is 2.20. The summed E-state index contributed by atoms with van der Waals surface area (Å²) < 4.78 is 5.65. The van der Waals surface area contributed by atoms with Crippen LogP contribution in [0.4, 0.5) is 0 Å². The summed E-state index contributed by atoms with van der Waals surface area (Å²) in [6.45, 7) is 9.89. The van der Waals surface area contributed by atoms with Crippen molar-refractivity contribution in [1.29, 1.82) is 0 Å². The second kappa shape index (κ2) is 15.4. The molecule has 0 saturated heterocycles. The molecule has 0 amide bonds. The first-order valence-corrected chi connectivity index (χ1v) is 10.0. The Labute approximate surface area is 144 Å². The zero-order valence-corrected chi connectivity index (χ0v) is 16.1. The topological polar surface area (TPSA) is 49.7 Å². The summed E-state index contributed by atoms with van der Waals surface area (Å²) in [4.78, 5) is 0. The molecule has 0 aromatic carbocycles.